The van der Waals surface area contributed by atoms with Crippen LogP contribution in [0.2, 0.25) is 0 Å². The Morgan fingerprint density at radius 1 is 1.13 bits per heavy atom. The molecule has 2 aromatic rings. The van der Waals surface area contributed by atoms with Crippen molar-refractivity contribution in [2.24, 2.45) is 0 Å². The van der Waals surface area contributed by atoms with Crippen LogP contribution in [0.4, 0.5) is 13.2 Å². The summed E-state index contributed by atoms with van der Waals surface area (Å²) in [6.07, 6.45) is -3.19. The molecule has 0 aliphatic rings. The van der Waals surface area contributed by atoms with E-state index in [9.17, 15) is 22.8 Å². The molecule has 1 amide bonds. The topological polar surface area (TPSA) is 70.8 Å². The Labute approximate surface area is 128 Å². The van der Waals surface area contributed by atoms with Crippen LogP contribution in [0.1, 0.15) is 21.7 Å². The summed E-state index contributed by atoms with van der Waals surface area (Å²) < 4.78 is 42.5. The molecule has 1 heterocycles. The molecule has 1 aromatic heterocycles. The van der Waals surface area contributed by atoms with Gasteiger partial charge in [-0.3, -0.25) is 9.59 Å². The Bertz CT molecular complexity index is 678. The van der Waals surface area contributed by atoms with Crippen molar-refractivity contribution in [1.82, 2.24) is 4.90 Å². The SMILES string of the molecule is O=C(O)CN(Cc1ccc(C(F)(F)F)cc1)C(=O)c1ccco1. The van der Waals surface area contributed by atoms with Crippen LogP contribution in [0.5, 0.6) is 0 Å². The minimum absolute atomic E-state index is 0.0434. The lowest BCUT2D eigenvalue weighted by atomic mass is 10.1. The van der Waals surface area contributed by atoms with Crippen LogP contribution in [-0.2, 0) is 17.5 Å². The average Bonchev–Trinajstić information content (AvgIpc) is 2.99. The fourth-order valence-electron chi connectivity index (χ4n) is 1.94. The van der Waals surface area contributed by atoms with Gasteiger partial charge >= 0.3 is 12.1 Å². The molecule has 0 fully saturated rings. The predicted octanol–water partition coefficient (Wildman–Crippen LogP) is 3.03. The van der Waals surface area contributed by atoms with Crippen molar-refractivity contribution < 1.29 is 32.3 Å². The van der Waals surface area contributed by atoms with Crippen LogP contribution >= 0.6 is 0 Å². The molecular formula is C15H12F3NO4. The maximum Gasteiger partial charge on any atom is 0.416 e. The second-order valence-electron chi connectivity index (χ2n) is 4.73. The zero-order chi connectivity index (χ0) is 17.0. The van der Waals surface area contributed by atoms with Gasteiger partial charge in [-0.15, -0.1) is 0 Å². The highest BCUT2D eigenvalue weighted by atomic mass is 19.4. The van der Waals surface area contributed by atoms with Crippen LogP contribution in [0, 0.1) is 0 Å². The van der Waals surface area contributed by atoms with E-state index in [1.165, 1.54) is 30.5 Å². The van der Waals surface area contributed by atoms with Crippen molar-refractivity contribution in [2.75, 3.05) is 6.54 Å². The first-order valence-corrected chi connectivity index (χ1v) is 6.48. The Balaban J connectivity index is 2.17. The highest BCUT2D eigenvalue weighted by Crippen LogP contribution is 2.29. The normalized spacial score (nSPS) is 11.3. The van der Waals surface area contributed by atoms with Gasteiger partial charge < -0.3 is 14.4 Å². The highest BCUT2D eigenvalue weighted by Gasteiger charge is 2.30. The first kappa shape index (κ1) is 16.6. The minimum atomic E-state index is -4.46. The lowest BCUT2D eigenvalue weighted by Gasteiger charge is -2.20. The summed E-state index contributed by atoms with van der Waals surface area (Å²) in [6.45, 7) is -0.746. The number of amides is 1. The summed E-state index contributed by atoms with van der Waals surface area (Å²) in [6, 6.07) is 7.02. The quantitative estimate of drug-likeness (QED) is 0.916. The van der Waals surface area contributed by atoms with Gasteiger partial charge in [-0.25, -0.2) is 0 Å². The van der Waals surface area contributed by atoms with Gasteiger partial charge in [0, 0.05) is 6.54 Å². The fourth-order valence-corrected chi connectivity index (χ4v) is 1.94. The largest absolute Gasteiger partial charge is 0.480 e. The molecule has 0 radical (unpaired) electrons. The third kappa shape index (κ3) is 4.35. The third-order valence-electron chi connectivity index (χ3n) is 3.00. The smallest absolute Gasteiger partial charge is 0.416 e. The number of carbonyl (C=O) groups is 2. The number of carbonyl (C=O) groups excluding carboxylic acids is 1. The van der Waals surface area contributed by atoms with E-state index in [0.29, 0.717) is 5.56 Å². The Morgan fingerprint density at radius 3 is 2.26 bits per heavy atom. The van der Waals surface area contributed by atoms with E-state index in [2.05, 4.69) is 0 Å². The second-order valence-corrected chi connectivity index (χ2v) is 4.73. The van der Waals surface area contributed by atoms with Crippen molar-refractivity contribution >= 4 is 11.9 Å². The Hall–Kier alpha value is -2.77. The van der Waals surface area contributed by atoms with E-state index >= 15 is 0 Å². The summed E-state index contributed by atoms with van der Waals surface area (Å²) in [5.41, 5.74) is -0.442. The van der Waals surface area contributed by atoms with Crippen LogP contribution in [0.3, 0.4) is 0 Å². The van der Waals surface area contributed by atoms with Crippen LogP contribution < -0.4 is 0 Å². The molecule has 122 valence electrons. The number of furan rings is 1. The van der Waals surface area contributed by atoms with Crippen molar-refractivity contribution in [3.63, 3.8) is 0 Å². The summed E-state index contributed by atoms with van der Waals surface area (Å²) in [5.74, 6) is -1.94. The van der Waals surface area contributed by atoms with Gasteiger partial charge in [0.05, 0.1) is 11.8 Å². The predicted molar refractivity (Wildman–Crippen MR) is 72.5 cm³/mol. The van der Waals surface area contributed by atoms with Crippen molar-refractivity contribution in [2.45, 2.75) is 12.7 Å². The number of benzene rings is 1. The average molecular weight is 327 g/mol. The molecule has 8 heteroatoms. The third-order valence-corrected chi connectivity index (χ3v) is 3.00. The van der Waals surface area contributed by atoms with Gasteiger partial charge in [-0.2, -0.15) is 13.2 Å². The molecule has 2 rings (SSSR count). The molecule has 1 aromatic carbocycles. The lowest BCUT2D eigenvalue weighted by molar-refractivity contribution is -0.138. The number of halogens is 3. The van der Waals surface area contributed by atoms with E-state index < -0.39 is 30.2 Å². The van der Waals surface area contributed by atoms with E-state index in [4.69, 9.17) is 9.52 Å². The maximum absolute atomic E-state index is 12.5. The van der Waals surface area contributed by atoms with Crippen molar-refractivity contribution in [3.8, 4) is 0 Å². The summed E-state index contributed by atoms with van der Waals surface area (Å²) in [4.78, 5) is 24.0. The summed E-state index contributed by atoms with van der Waals surface area (Å²) >= 11 is 0. The molecular weight excluding hydrogens is 315 g/mol. The van der Waals surface area contributed by atoms with Crippen molar-refractivity contribution in [3.05, 3.63) is 59.5 Å². The summed E-state index contributed by atoms with van der Waals surface area (Å²) in [7, 11) is 0. The number of carboxylic acid groups (broad SMARTS) is 1. The standard InChI is InChI=1S/C15H12F3NO4/c16-15(17,18)11-5-3-10(4-6-11)8-19(9-13(20)21)14(22)12-2-1-7-23-12/h1-7H,8-9H2,(H,20,21). The Kier molecular flexibility index (Phi) is 4.73. The van der Waals surface area contributed by atoms with Gasteiger partial charge in [-0.1, -0.05) is 12.1 Å². The summed E-state index contributed by atoms with van der Waals surface area (Å²) in [5, 5.41) is 8.89. The molecule has 5 nitrogen and oxygen atoms in total. The van der Waals surface area contributed by atoms with Gasteiger partial charge in [0.25, 0.3) is 5.91 Å². The molecule has 0 bridgehead atoms. The lowest BCUT2D eigenvalue weighted by Crippen LogP contribution is -2.35. The van der Waals surface area contributed by atoms with Crippen LogP contribution in [0.25, 0.3) is 0 Å². The molecule has 0 unspecified atom stereocenters. The van der Waals surface area contributed by atoms with E-state index in [1.54, 1.807) is 0 Å². The second kappa shape index (κ2) is 6.55. The number of hydrogen-bond donors (Lipinski definition) is 1. The zero-order valence-electron chi connectivity index (χ0n) is 11.7. The van der Waals surface area contributed by atoms with Crippen LogP contribution in [-0.4, -0.2) is 28.4 Å². The molecule has 0 aliphatic heterocycles. The van der Waals surface area contributed by atoms with Crippen molar-refractivity contribution in [1.29, 1.82) is 0 Å². The molecule has 0 aliphatic carbocycles. The highest BCUT2D eigenvalue weighted by molar-refractivity contribution is 5.93. The fraction of sp³-hybridized carbons (Fsp3) is 0.200. The Morgan fingerprint density at radius 2 is 1.78 bits per heavy atom. The first-order chi connectivity index (χ1) is 10.8. The van der Waals surface area contributed by atoms with Gasteiger partial charge in [-0.05, 0) is 29.8 Å². The molecule has 0 spiro atoms. The molecule has 0 saturated heterocycles. The van der Waals surface area contributed by atoms with E-state index in [1.807, 2.05) is 0 Å². The minimum Gasteiger partial charge on any atom is -0.480 e. The molecule has 1 N–H and O–H groups in total. The van der Waals surface area contributed by atoms with Gasteiger partial charge in [0.2, 0.25) is 0 Å². The monoisotopic (exact) mass is 327 g/mol. The number of aliphatic carboxylic acids is 1. The number of hydrogen-bond acceptors (Lipinski definition) is 3. The number of rotatable bonds is 5. The maximum atomic E-state index is 12.5. The van der Waals surface area contributed by atoms with E-state index in [-0.39, 0.29) is 12.3 Å². The number of carboxylic acids is 1. The molecule has 23 heavy (non-hydrogen) atoms. The first-order valence-electron chi connectivity index (χ1n) is 6.48. The van der Waals surface area contributed by atoms with Crippen LogP contribution in [0.15, 0.2) is 47.1 Å². The zero-order valence-corrected chi connectivity index (χ0v) is 11.7. The molecule has 0 atom stereocenters. The van der Waals surface area contributed by atoms with E-state index in [0.717, 1.165) is 17.0 Å². The van der Waals surface area contributed by atoms with Gasteiger partial charge in [0.1, 0.15) is 6.54 Å². The number of nitrogens with zero attached hydrogens (tertiary/aromatic N) is 1. The molecule has 0 saturated carbocycles. The van der Waals surface area contributed by atoms with Gasteiger partial charge in [0.15, 0.2) is 5.76 Å². The number of alkyl halides is 3.